The van der Waals surface area contributed by atoms with Gasteiger partial charge in [-0.25, -0.2) is 4.98 Å². The van der Waals surface area contributed by atoms with Gasteiger partial charge >= 0.3 is 5.91 Å². The van der Waals surface area contributed by atoms with Gasteiger partial charge in [0, 0.05) is 17.1 Å². The maximum Gasteiger partial charge on any atom is 0.301 e. The van der Waals surface area contributed by atoms with Crippen LogP contribution in [0.4, 0.5) is 5.13 Å². The van der Waals surface area contributed by atoms with Gasteiger partial charge < -0.3 is 14.6 Å². The van der Waals surface area contributed by atoms with Crippen molar-refractivity contribution in [2.45, 2.75) is 26.2 Å². The highest BCUT2D eigenvalue weighted by molar-refractivity contribution is 7.14. The molecule has 1 aliphatic heterocycles. The minimum absolute atomic E-state index is 0.00779. The van der Waals surface area contributed by atoms with E-state index in [9.17, 15) is 14.7 Å². The number of Topliss-reactive ketones (excluding diaryl/α,β-unsaturated/α-hetero) is 1. The van der Waals surface area contributed by atoms with Gasteiger partial charge in [0.2, 0.25) is 0 Å². The van der Waals surface area contributed by atoms with Gasteiger partial charge in [0.15, 0.2) is 5.13 Å². The average molecular weight is 589 g/mol. The second-order valence-corrected chi connectivity index (χ2v) is 11.0. The molecular formula is C35H28N2O5S. The Bertz CT molecular complexity index is 1770. The van der Waals surface area contributed by atoms with Gasteiger partial charge in [-0.05, 0) is 60.0 Å². The van der Waals surface area contributed by atoms with Crippen molar-refractivity contribution in [2.75, 3.05) is 4.90 Å². The summed E-state index contributed by atoms with van der Waals surface area (Å²) in [5.74, 6) is -0.535. The number of amides is 1. The smallest absolute Gasteiger partial charge is 0.301 e. The standard InChI is InChI=1S/C35H28N2O5S/c1-23-6-5-9-25(20-23)22-42-29-16-12-27(13-17-29)32(38)30-31(37(34(40)33(30)39)35-36-18-19-43-35)26-10-14-28(15-11-26)41-21-24-7-3-2-4-8-24/h2-20,31,38H,21-22H2,1H3/b32-30+. The Balaban J connectivity index is 1.28. The molecule has 2 heterocycles. The second kappa shape index (κ2) is 12.3. The molecule has 214 valence electrons. The van der Waals surface area contributed by atoms with Gasteiger partial charge in [0.25, 0.3) is 5.78 Å². The van der Waals surface area contributed by atoms with Crippen molar-refractivity contribution in [3.8, 4) is 11.5 Å². The number of aliphatic hydroxyl groups is 1. The summed E-state index contributed by atoms with van der Waals surface area (Å²) < 4.78 is 11.8. The van der Waals surface area contributed by atoms with Gasteiger partial charge in [-0.1, -0.05) is 72.3 Å². The Labute approximate surface area is 253 Å². The fourth-order valence-electron chi connectivity index (χ4n) is 5.00. The Morgan fingerprint density at radius 1 is 0.837 bits per heavy atom. The lowest BCUT2D eigenvalue weighted by Gasteiger charge is -2.23. The number of ketones is 1. The zero-order valence-corrected chi connectivity index (χ0v) is 24.2. The van der Waals surface area contributed by atoms with Crippen LogP contribution in [-0.4, -0.2) is 21.8 Å². The van der Waals surface area contributed by atoms with Gasteiger partial charge in [-0.2, -0.15) is 0 Å². The van der Waals surface area contributed by atoms with Gasteiger partial charge in [-0.3, -0.25) is 14.5 Å². The minimum atomic E-state index is -0.869. The van der Waals surface area contributed by atoms with E-state index in [4.69, 9.17) is 9.47 Å². The van der Waals surface area contributed by atoms with E-state index in [1.165, 1.54) is 16.2 Å². The van der Waals surface area contributed by atoms with Crippen molar-refractivity contribution < 1.29 is 24.2 Å². The van der Waals surface area contributed by atoms with E-state index in [2.05, 4.69) is 11.1 Å². The number of nitrogens with zero attached hydrogens (tertiary/aromatic N) is 2. The maximum atomic E-state index is 13.4. The zero-order valence-electron chi connectivity index (χ0n) is 23.3. The molecule has 43 heavy (non-hydrogen) atoms. The molecule has 0 aliphatic carbocycles. The van der Waals surface area contributed by atoms with Gasteiger partial charge in [0.05, 0.1) is 11.6 Å². The lowest BCUT2D eigenvalue weighted by atomic mass is 9.95. The molecule has 1 N–H and O–H groups in total. The number of thiazole rings is 1. The van der Waals surface area contributed by atoms with Crippen LogP contribution in [0.3, 0.4) is 0 Å². The largest absolute Gasteiger partial charge is 0.507 e. The molecule has 1 aromatic heterocycles. The number of carbonyl (C=O) groups is 2. The molecule has 0 spiro atoms. The van der Waals surface area contributed by atoms with Crippen LogP contribution in [0.15, 0.2) is 120 Å². The number of ether oxygens (including phenoxy) is 2. The van der Waals surface area contributed by atoms with E-state index in [0.29, 0.717) is 41.0 Å². The van der Waals surface area contributed by atoms with Crippen molar-refractivity contribution in [1.29, 1.82) is 0 Å². The van der Waals surface area contributed by atoms with Crippen LogP contribution in [0.1, 0.15) is 33.9 Å². The minimum Gasteiger partial charge on any atom is -0.507 e. The summed E-state index contributed by atoms with van der Waals surface area (Å²) in [4.78, 5) is 32.4. The zero-order chi connectivity index (χ0) is 29.8. The predicted octanol–water partition coefficient (Wildman–Crippen LogP) is 7.24. The predicted molar refractivity (Wildman–Crippen MR) is 166 cm³/mol. The number of hydrogen-bond donors (Lipinski definition) is 1. The first-order valence-corrected chi connectivity index (χ1v) is 14.6. The third-order valence-electron chi connectivity index (χ3n) is 7.13. The molecule has 6 rings (SSSR count). The van der Waals surface area contributed by atoms with E-state index < -0.39 is 17.7 Å². The van der Waals surface area contributed by atoms with Crippen LogP contribution in [0.2, 0.25) is 0 Å². The van der Waals surface area contributed by atoms with Crippen LogP contribution < -0.4 is 14.4 Å². The van der Waals surface area contributed by atoms with E-state index in [0.717, 1.165) is 16.7 Å². The van der Waals surface area contributed by atoms with Crippen LogP contribution in [0.5, 0.6) is 11.5 Å². The fraction of sp³-hybridized carbons (Fsp3) is 0.114. The molecule has 1 saturated heterocycles. The molecule has 8 heteroatoms. The number of anilines is 1. The number of benzene rings is 4. The number of hydrogen-bond acceptors (Lipinski definition) is 7. The molecule has 0 saturated carbocycles. The fourth-order valence-corrected chi connectivity index (χ4v) is 5.67. The highest BCUT2D eigenvalue weighted by atomic mass is 32.1. The SMILES string of the molecule is Cc1cccc(COc2ccc(/C(O)=C3\C(=O)C(=O)N(c4nccs4)C3c3ccc(OCc4ccccc4)cc3)cc2)c1. The summed E-state index contributed by atoms with van der Waals surface area (Å²) in [5, 5.41) is 13.6. The molecule has 1 atom stereocenters. The Morgan fingerprint density at radius 2 is 1.49 bits per heavy atom. The molecular weight excluding hydrogens is 560 g/mol. The van der Waals surface area contributed by atoms with Crippen molar-refractivity contribution in [3.63, 3.8) is 0 Å². The van der Waals surface area contributed by atoms with Crippen molar-refractivity contribution in [3.05, 3.63) is 148 Å². The van der Waals surface area contributed by atoms with Crippen LogP contribution in [0.25, 0.3) is 5.76 Å². The first-order chi connectivity index (χ1) is 21.0. The molecule has 1 aliphatic rings. The second-order valence-electron chi connectivity index (χ2n) is 10.1. The maximum absolute atomic E-state index is 13.4. The van der Waals surface area contributed by atoms with Crippen molar-refractivity contribution in [1.82, 2.24) is 4.98 Å². The molecule has 0 radical (unpaired) electrons. The highest BCUT2D eigenvalue weighted by Gasteiger charge is 2.48. The molecule has 4 aromatic carbocycles. The highest BCUT2D eigenvalue weighted by Crippen LogP contribution is 2.43. The number of aliphatic hydroxyl groups excluding tert-OH is 1. The normalized spacial score (nSPS) is 15.9. The monoisotopic (exact) mass is 588 g/mol. The van der Waals surface area contributed by atoms with E-state index in [1.807, 2.05) is 55.5 Å². The lowest BCUT2D eigenvalue weighted by molar-refractivity contribution is -0.132. The van der Waals surface area contributed by atoms with Crippen molar-refractivity contribution >= 4 is 33.9 Å². The Kier molecular flexibility index (Phi) is 8.02. The van der Waals surface area contributed by atoms with Crippen LogP contribution in [-0.2, 0) is 22.8 Å². The summed E-state index contributed by atoms with van der Waals surface area (Å²) in [6.45, 7) is 2.83. The van der Waals surface area contributed by atoms with E-state index in [-0.39, 0.29) is 11.3 Å². The number of carbonyl (C=O) groups excluding carboxylic acids is 2. The quantitative estimate of drug-likeness (QED) is 0.111. The molecule has 1 amide bonds. The van der Waals surface area contributed by atoms with E-state index in [1.54, 1.807) is 60.1 Å². The topological polar surface area (TPSA) is 89.0 Å². The van der Waals surface area contributed by atoms with Gasteiger partial charge in [0.1, 0.15) is 30.5 Å². The number of rotatable bonds is 9. The molecule has 0 bridgehead atoms. The average Bonchev–Trinajstić information content (AvgIpc) is 3.66. The molecule has 7 nitrogen and oxygen atoms in total. The molecule has 1 unspecified atom stereocenters. The molecule has 1 fully saturated rings. The third kappa shape index (κ3) is 6.05. The van der Waals surface area contributed by atoms with Gasteiger partial charge in [-0.15, -0.1) is 11.3 Å². The summed E-state index contributed by atoms with van der Waals surface area (Å²) in [5.41, 5.74) is 4.26. The Hall–Kier alpha value is -5.21. The molecule has 5 aromatic rings. The summed E-state index contributed by atoms with van der Waals surface area (Å²) in [7, 11) is 0. The van der Waals surface area contributed by atoms with Crippen LogP contribution >= 0.6 is 11.3 Å². The first-order valence-electron chi connectivity index (χ1n) is 13.7. The summed E-state index contributed by atoms with van der Waals surface area (Å²) >= 11 is 1.25. The van der Waals surface area contributed by atoms with E-state index >= 15 is 0 Å². The van der Waals surface area contributed by atoms with Crippen LogP contribution in [0, 0.1) is 6.92 Å². The third-order valence-corrected chi connectivity index (χ3v) is 7.90. The lowest BCUT2D eigenvalue weighted by Crippen LogP contribution is -2.29. The van der Waals surface area contributed by atoms with Crippen molar-refractivity contribution in [2.24, 2.45) is 0 Å². The summed E-state index contributed by atoms with van der Waals surface area (Å²) in [6.07, 6.45) is 1.58. The summed E-state index contributed by atoms with van der Waals surface area (Å²) in [6, 6.07) is 31.0. The Morgan fingerprint density at radius 3 is 2.14 bits per heavy atom. The number of aromatic nitrogens is 1. The first kappa shape index (κ1) is 27.9. The number of aryl methyl sites for hydroxylation is 1.